The van der Waals surface area contributed by atoms with Gasteiger partial charge in [0.25, 0.3) is 5.91 Å². The standard InChI is InChI=1S/C18H18N4O2S/c23-18(15-5-3-14(4-6-15)17-20-19-13-24-17)22-9-7-21(8-10-22)12-16-2-1-11-25-16/h1-6,11,13H,7-10,12H2. The minimum atomic E-state index is 0.0767. The van der Waals surface area contributed by atoms with Crippen molar-refractivity contribution in [3.05, 3.63) is 58.6 Å². The Morgan fingerprint density at radius 2 is 1.92 bits per heavy atom. The van der Waals surface area contributed by atoms with Crippen LogP contribution in [0.4, 0.5) is 0 Å². The van der Waals surface area contributed by atoms with E-state index in [0.717, 1.165) is 38.3 Å². The predicted octanol–water partition coefficient (Wildman–Crippen LogP) is 2.76. The van der Waals surface area contributed by atoms with Crippen LogP contribution in [0.15, 0.2) is 52.6 Å². The fraction of sp³-hybridized carbons (Fsp3) is 0.278. The fourth-order valence-corrected chi connectivity index (χ4v) is 3.71. The smallest absolute Gasteiger partial charge is 0.253 e. The molecule has 7 heteroatoms. The van der Waals surface area contributed by atoms with Crippen LogP contribution in [-0.4, -0.2) is 52.1 Å². The van der Waals surface area contributed by atoms with Crippen molar-refractivity contribution < 1.29 is 9.21 Å². The summed E-state index contributed by atoms with van der Waals surface area (Å²) in [4.78, 5) is 18.4. The summed E-state index contributed by atoms with van der Waals surface area (Å²) in [6, 6.07) is 11.6. The quantitative estimate of drug-likeness (QED) is 0.721. The Hall–Kier alpha value is -2.51. The number of carbonyl (C=O) groups excluding carboxylic acids is 1. The van der Waals surface area contributed by atoms with Crippen LogP contribution < -0.4 is 0 Å². The Bertz CT molecular complexity index is 807. The Labute approximate surface area is 149 Å². The van der Waals surface area contributed by atoms with Crippen LogP contribution in [0.1, 0.15) is 15.2 Å². The molecular weight excluding hydrogens is 336 g/mol. The lowest BCUT2D eigenvalue weighted by molar-refractivity contribution is 0.0629. The van der Waals surface area contributed by atoms with Gasteiger partial charge in [0.05, 0.1) is 0 Å². The zero-order valence-electron chi connectivity index (χ0n) is 13.7. The van der Waals surface area contributed by atoms with E-state index >= 15 is 0 Å². The Kier molecular flexibility index (Phi) is 4.58. The molecule has 2 aromatic heterocycles. The first kappa shape index (κ1) is 16.0. The molecule has 1 aromatic carbocycles. The highest BCUT2D eigenvalue weighted by Gasteiger charge is 2.22. The topological polar surface area (TPSA) is 62.5 Å². The Morgan fingerprint density at radius 1 is 1.12 bits per heavy atom. The summed E-state index contributed by atoms with van der Waals surface area (Å²) in [7, 11) is 0. The molecule has 1 amide bonds. The molecule has 4 rings (SSSR count). The first-order chi connectivity index (χ1) is 12.3. The molecule has 1 aliphatic rings. The molecule has 0 spiro atoms. The zero-order valence-corrected chi connectivity index (χ0v) is 14.5. The minimum absolute atomic E-state index is 0.0767. The molecule has 0 aliphatic carbocycles. The maximum Gasteiger partial charge on any atom is 0.253 e. The second-order valence-electron chi connectivity index (χ2n) is 5.97. The van der Waals surface area contributed by atoms with Crippen molar-refractivity contribution in [3.8, 4) is 11.5 Å². The number of rotatable bonds is 4. The third-order valence-corrected chi connectivity index (χ3v) is 5.22. The first-order valence-corrected chi connectivity index (χ1v) is 9.08. The van der Waals surface area contributed by atoms with Crippen molar-refractivity contribution in [2.45, 2.75) is 6.54 Å². The SMILES string of the molecule is O=C(c1ccc(-c2nnco2)cc1)N1CCN(Cc2cccs2)CC1. The predicted molar refractivity (Wildman–Crippen MR) is 95.2 cm³/mol. The highest BCUT2D eigenvalue weighted by molar-refractivity contribution is 7.09. The van der Waals surface area contributed by atoms with Gasteiger partial charge in [0.1, 0.15) is 0 Å². The molecule has 0 saturated carbocycles. The van der Waals surface area contributed by atoms with Crippen LogP contribution in [0.25, 0.3) is 11.5 Å². The normalized spacial score (nSPS) is 15.4. The molecule has 1 fully saturated rings. The van der Waals surface area contributed by atoms with E-state index in [0.29, 0.717) is 11.5 Å². The lowest BCUT2D eigenvalue weighted by atomic mass is 10.1. The number of hydrogen-bond donors (Lipinski definition) is 0. The summed E-state index contributed by atoms with van der Waals surface area (Å²) in [5.41, 5.74) is 1.50. The molecule has 128 valence electrons. The monoisotopic (exact) mass is 354 g/mol. The van der Waals surface area contributed by atoms with Gasteiger partial charge < -0.3 is 9.32 Å². The van der Waals surface area contributed by atoms with E-state index in [-0.39, 0.29) is 5.91 Å². The van der Waals surface area contributed by atoms with Crippen molar-refractivity contribution >= 4 is 17.2 Å². The third kappa shape index (κ3) is 3.62. The van der Waals surface area contributed by atoms with Crippen molar-refractivity contribution in [2.24, 2.45) is 0 Å². The molecule has 3 heterocycles. The van der Waals surface area contributed by atoms with Crippen LogP contribution in [0.5, 0.6) is 0 Å². The summed E-state index contributed by atoms with van der Waals surface area (Å²) in [6.45, 7) is 4.30. The van der Waals surface area contributed by atoms with Gasteiger partial charge in [-0.25, -0.2) is 0 Å². The molecule has 3 aromatic rings. The third-order valence-electron chi connectivity index (χ3n) is 4.36. The van der Waals surface area contributed by atoms with Crippen molar-refractivity contribution in [2.75, 3.05) is 26.2 Å². The molecule has 1 saturated heterocycles. The van der Waals surface area contributed by atoms with E-state index < -0.39 is 0 Å². The van der Waals surface area contributed by atoms with Crippen LogP contribution in [0.3, 0.4) is 0 Å². The average Bonchev–Trinajstić information content (AvgIpc) is 3.36. The molecule has 0 radical (unpaired) electrons. The van der Waals surface area contributed by atoms with Crippen LogP contribution >= 0.6 is 11.3 Å². The van der Waals surface area contributed by atoms with E-state index in [4.69, 9.17) is 4.42 Å². The van der Waals surface area contributed by atoms with E-state index in [9.17, 15) is 4.79 Å². The van der Waals surface area contributed by atoms with Crippen molar-refractivity contribution in [1.82, 2.24) is 20.0 Å². The lowest BCUT2D eigenvalue weighted by Gasteiger charge is -2.34. The summed E-state index contributed by atoms with van der Waals surface area (Å²) >= 11 is 1.78. The second kappa shape index (κ2) is 7.16. The maximum absolute atomic E-state index is 12.7. The van der Waals surface area contributed by atoms with Crippen LogP contribution in [0, 0.1) is 0 Å². The maximum atomic E-state index is 12.7. The number of nitrogens with zero attached hydrogens (tertiary/aromatic N) is 4. The Morgan fingerprint density at radius 3 is 2.56 bits per heavy atom. The van der Waals surface area contributed by atoms with Crippen molar-refractivity contribution in [3.63, 3.8) is 0 Å². The van der Waals surface area contributed by atoms with Crippen molar-refractivity contribution in [1.29, 1.82) is 0 Å². The lowest BCUT2D eigenvalue weighted by Crippen LogP contribution is -2.48. The first-order valence-electron chi connectivity index (χ1n) is 8.20. The number of amides is 1. The van der Waals surface area contributed by atoms with Gasteiger partial charge in [-0.15, -0.1) is 21.5 Å². The summed E-state index contributed by atoms with van der Waals surface area (Å²) < 4.78 is 5.17. The highest BCUT2D eigenvalue weighted by Crippen LogP contribution is 2.18. The number of benzene rings is 1. The zero-order chi connectivity index (χ0) is 17.1. The summed E-state index contributed by atoms with van der Waals surface area (Å²) in [5, 5.41) is 9.64. The summed E-state index contributed by atoms with van der Waals surface area (Å²) in [6.07, 6.45) is 1.30. The largest absolute Gasteiger partial charge is 0.423 e. The fourth-order valence-electron chi connectivity index (χ4n) is 2.97. The second-order valence-corrected chi connectivity index (χ2v) is 7.00. The molecule has 0 unspecified atom stereocenters. The molecule has 6 nitrogen and oxygen atoms in total. The number of piperazine rings is 1. The number of thiophene rings is 1. The number of carbonyl (C=O) groups is 1. The molecule has 0 bridgehead atoms. The van der Waals surface area contributed by atoms with Gasteiger partial charge in [0, 0.05) is 48.7 Å². The molecular formula is C18H18N4O2S. The average molecular weight is 354 g/mol. The van der Waals surface area contributed by atoms with Gasteiger partial charge in [-0.1, -0.05) is 6.07 Å². The van der Waals surface area contributed by atoms with E-state index in [1.54, 1.807) is 11.3 Å². The van der Waals surface area contributed by atoms with Gasteiger partial charge in [0.2, 0.25) is 12.3 Å². The van der Waals surface area contributed by atoms with E-state index in [2.05, 4.69) is 32.6 Å². The van der Waals surface area contributed by atoms with Gasteiger partial charge in [-0.05, 0) is 35.7 Å². The molecule has 25 heavy (non-hydrogen) atoms. The van der Waals surface area contributed by atoms with Crippen LogP contribution in [-0.2, 0) is 6.54 Å². The van der Waals surface area contributed by atoms with Gasteiger partial charge in [0.15, 0.2) is 0 Å². The Balaban J connectivity index is 1.35. The minimum Gasteiger partial charge on any atom is -0.423 e. The van der Waals surface area contributed by atoms with Gasteiger partial charge in [-0.2, -0.15) is 0 Å². The van der Waals surface area contributed by atoms with E-state index in [1.807, 2.05) is 29.2 Å². The summed E-state index contributed by atoms with van der Waals surface area (Å²) in [5.74, 6) is 0.536. The molecule has 1 aliphatic heterocycles. The van der Waals surface area contributed by atoms with E-state index in [1.165, 1.54) is 11.3 Å². The van der Waals surface area contributed by atoms with Crippen LogP contribution in [0.2, 0.25) is 0 Å². The number of aromatic nitrogens is 2. The van der Waals surface area contributed by atoms with Gasteiger partial charge in [-0.3, -0.25) is 9.69 Å². The van der Waals surface area contributed by atoms with Gasteiger partial charge >= 0.3 is 0 Å². The highest BCUT2D eigenvalue weighted by atomic mass is 32.1. The molecule has 0 N–H and O–H groups in total. The number of hydrogen-bond acceptors (Lipinski definition) is 6. The molecule has 0 atom stereocenters.